The summed E-state index contributed by atoms with van der Waals surface area (Å²) < 4.78 is 7.36. The average Bonchev–Trinajstić information content (AvgIpc) is 2.79. The fourth-order valence-corrected chi connectivity index (χ4v) is 2.81. The van der Waals surface area contributed by atoms with Gasteiger partial charge in [-0.3, -0.25) is 0 Å². The minimum atomic E-state index is 0.761. The van der Waals surface area contributed by atoms with Crippen LogP contribution in [0.2, 0.25) is 5.02 Å². The Morgan fingerprint density at radius 1 is 1.14 bits per heavy atom. The van der Waals surface area contributed by atoms with E-state index in [1.807, 2.05) is 43.4 Å². The van der Waals surface area contributed by atoms with Gasteiger partial charge in [0.2, 0.25) is 0 Å². The summed E-state index contributed by atoms with van der Waals surface area (Å²) in [6.45, 7) is 2.08. The van der Waals surface area contributed by atoms with E-state index in [9.17, 15) is 0 Å². The van der Waals surface area contributed by atoms with Gasteiger partial charge in [0.25, 0.3) is 0 Å². The summed E-state index contributed by atoms with van der Waals surface area (Å²) in [5.74, 6) is 0.828. The van der Waals surface area contributed by atoms with E-state index in [0.29, 0.717) is 0 Å². The van der Waals surface area contributed by atoms with Gasteiger partial charge in [-0.25, -0.2) is 0 Å². The predicted octanol–water partition coefficient (Wildman–Crippen LogP) is 4.89. The van der Waals surface area contributed by atoms with Crippen LogP contribution in [0, 0.1) is 6.92 Å². The zero-order chi connectivity index (χ0) is 15.0. The number of fused-ring (bicyclic) bond motifs is 1. The third-order valence-electron chi connectivity index (χ3n) is 3.73. The quantitative estimate of drug-likeness (QED) is 0.745. The summed E-state index contributed by atoms with van der Waals surface area (Å²) in [6, 6.07) is 13.9. The van der Waals surface area contributed by atoms with Gasteiger partial charge in [0, 0.05) is 35.6 Å². The minimum absolute atomic E-state index is 0.761. The van der Waals surface area contributed by atoms with Crippen molar-refractivity contribution in [1.29, 1.82) is 0 Å². The van der Waals surface area contributed by atoms with Crippen molar-refractivity contribution in [3.05, 3.63) is 53.2 Å². The van der Waals surface area contributed by atoms with Crippen LogP contribution in [0.3, 0.4) is 0 Å². The molecule has 0 aliphatic rings. The molecule has 4 heteroatoms. The summed E-state index contributed by atoms with van der Waals surface area (Å²) in [7, 11) is 3.69. The average molecular weight is 301 g/mol. The molecule has 3 aromatic rings. The van der Waals surface area contributed by atoms with E-state index in [-0.39, 0.29) is 0 Å². The van der Waals surface area contributed by atoms with Crippen LogP contribution in [0.5, 0.6) is 5.75 Å². The molecule has 0 fully saturated rings. The third kappa shape index (κ3) is 2.45. The van der Waals surface area contributed by atoms with Crippen molar-refractivity contribution < 1.29 is 4.74 Å². The van der Waals surface area contributed by atoms with Crippen LogP contribution in [0.1, 0.15) is 5.69 Å². The molecule has 0 saturated carbocycles. The van der Waals surface area contributed by atoms with Crippen molar-refractivity contribution in [2.75, 3.05) is 12.4 Å². The van der Waals surface area contributed by atoms with Gasteiger partial charge in [0.15, 0.2) is 0 Å². The summed E-state index contributed by atoms with van der Waals surface area (Å²) >= 11 is 6.33. The van der Waals surface area contributed by atoms with E-state index >= 15 is 0 Å². The number of hydrogen-bond donors (Lipinski definition) is 1. The van der Waals surface area contributed by atoms with E-state index in [1.54, 1.807) is 7.11 Å². The van der Waals surface area contributed by atoms with Crippen molar-refractivity contribution in [3.8, 4) is 5.75 Å². The number of halogens is 1. The van der Waals surface area contributed by atoms with E-state index in [0.717, 1.165) is 33.0 Å². The number of hydrogen-bond acceptors (Lipinski definition) is 2. The van der Waals surface area contributed by atoms with Crippen LogP contribution < -0.4 is 10.1 Å². The SMILES string of the molecule is COc1cccc(Nc2ccc(Cl)c3c2cc(C)n3C)c1. The van der Waals surface area contributed by atoms with Gasteiger partial charge in [-0.05, 0) is 37.3 Å². The summed E-state index contributed by atoms with van der Waals surface area (Å²) in [5, 5.41) is 5.31. The maximum Gasteiger partial charge on any atom is 0.120 e. The van der Waals surface area contributed by atoms with Gasteiger partial charge in [-0.2, -0.15) is 0 Å². The number of aromatic nitrogens is 1. The molecule has 0 amide bonds. The van der Waals surface area contributed by atoms with Crippen LogP contribution in [0.25, 0.3) is 10.9 Å². The smallest absolute Gasteiger partial charge is 0.120 e. The lowest BCUT2D eigenvalue weighted by molar-refractivity contribution is 0.415. The van der Waals surface area contributed by atoms with E-state index in [1.165, 1.54) is 5.69 Å². The fourth-order valence-electron chi connectivity index (χ4n) is 2.52. The van der Waals surface area contributed by atoms with Gasteiger partial charge >= 0.3 is 0 Å². The van der Waals surface area contributed by atoms with E-state index < -0.39 is 0 Å². The molecule has 1 N–H and O–H groups in total. The number of nitrogens with zero attached hydrogens (tertiary/aromatic N) is 1. The van der Waals surface area contributed by atoms with Crippen LogP contribution >= 0.6 is 11.6 Å². The second-order valence-electron chi connectivity index (χ2n) is 5.06. The highest BCUT2D eigenvalue weighted by molar-refractivity contribution is 6.35. The maximum absolute atomic E-state index is 6.33. The van der Waals surface area contributed by atoms with Crippen LogP contribution in [0.4, 0.5) is 11.4 Å². The zero-order valence-corrected chi connectivity index (χ0v) is 13.0. The van der Waals surface area contributed by atoms with Crippen LogP contribution in [0.15, 0.2) is 42.5 Å². The Bertz CT molecular complexity index is 808. The number of benzene rings is 2. The number of methoxy groups -OCH3 is 1. The Morgan fingerprint density at radius 3 is 2.71 bits per heavy atom. The molecular weight excluding hydrogens is 284 g/mol. The third-order valence-corrected chi connectivity index (χ3v) is 4.04. The summed E-state index contributed by atoms with van der Waals surface area (Å²) in [5.41, 5.74) is 4.24. The lowest BCUT2D eigenvalue weighted by Crippen LogP contribution is -1.94. The molecule has 0 unspecified atom stereocenters. The van der Waals surface area contributed by atoms with Crippen molar-refractivity contribution in [2.24, 2.45) is 7.05 Å². The van der Waals surface area contributed by atoms with Crippen LogP contribution in [-0.2, 0) is 7.05 Å². The van der Waals surface area contributed by atoms with Crippen molar-refractivity contribution >= 4 is 33.9 Å². The predicted molar refractivity (Wildman–Crippen MR) is 88.9 cm³/mol. The van der Waals surface area contributed by atoms with Gasteiger partial charge in [0.1, 0.15) is 5.75 Å². The normalized spacial score (nSPS) is 10.9. The fraction of sp³-hybridized carbons (Fsp3) is 0.176. The molecule has 0 bridgehead atoms. The first-order valence-electron chi connectivity index (χ1n) is 6.76. The first-order chi connectivity index (χ1) is 10.1. The Labute approximate surface area is 129 Å². The first kappa shape index (κ1) is 13.8. The highest BCUT2D eigenvalue weighted by Crippen LogP contribution is 2.34. The van der Waals surface area contributed by atoms with Crippen LogP contribution in [-0.4, -0.2) is 11.7 Å². The molecule has 0 aliphatic heterocycles. The number of nitrogens with one attached hydrogen (secondary N) is 1. The summed E-state index contributed by atoms with van der Waals surface area (Å²) in [4.78, 5) is 0. The molecule has 0 aliphatic carbocycles. The molecule has 2 aromatic carbocycles. The Morgan fingerprint density at radius 2 is 1.95 bits per heavy atom. The lowest BCUT2D eigenvalue weighted by atomic mass is 10.2. The lowest BCUT2D eigenvalue weighted by Gasteiger charge is -2.10. The molecule has 21 heavy (non-hydrogen) atoms. The van der Waals surface area contributed by atoms with E-state index in [2.05, 4.69) is 22.9 Å². The highest BCUT2D eigenvalue weighted by Gasteiger charge is 2.11. The number of rotatable bonds is 3. The van der Waals surface area contributed by atoms with Crippen molar-refractivity contribution in [1.82, 2.24) is 4.57 Å². The number of ether oxygens (including phenoxy) is 1. The monoisotopic (exact) mass is 300 g/mol. The number of aryl methyl sites for hydroxylation is 2. The second kappa shape index (κ2) is 5.34. The second-order valence-corrected chi connectivity index (χ2v) is 5.47. The van der Waals surface area contributed by atoms with Gasteiger partial charge in [-0.15, -0.1) is 0 Å². The highest BCUT2D eigenvalue weighted by atomic mass is 35.5. The van der Waals surface area contributed by atoms with E-state index in [4.69, 9.17) is 16.3 Å². The maximum atomic E-state index is 6.33. The molecule has 0 saturated heterocycles. The zero-order valence-electron chi connectivity index (χ0n) is 12.3. The van der Waals surface area contributed by atoms with Gasteiger partial charge in [0.05, 0.1) is 17.6 Å². The molecule has 1 heterocycles. The Balaban J connectivity index is 2.08. The molecular formula is C17H17ClN2O. The molecule has 3 nitrogen and oxygen atoms in total. The standard InChI is InChI=1S/C17H17ClN2O/c1-11-9-14-16(8-7-15(18)17(14)20(11)2)19-12-5-4-6-13(10-12)21-3/h4-10,19H,1-3H3. The molecule has 0 atom stereocenters. The molecule has 0 radical (unpaired) electrons. The Kier molecular flexibility index (Phi) is 3.52. The summed E-state index contributed by atoms with van der Waals surface area (Å²) in [6.07, 6.45) is 0. The largest absolute Gasteiger partial charge is 0.497 e. The molecule has 108 valence electrons. The minimum Gasteiger partial charge on any atom is -0.497 e. The molecule has 1 aromatic heterocycles. The van der Waals surface area contributed by atoms with Crippen molar-refractivity contribution in [3.63, 3.8) is 0 Å². The topological polar surface area (TPSA) is 26.2 Å². The molecule has 3 rings (SSSR count). The number of anilines is 2. The van der Waals surface area contributed by atoms with Gasteiger partial charge in [-0.1, -0.05) is 17.7 Å². The Hall–Kier alpha value is -2.13. The van der Waals surface area contributed by atoms with Gasteiger partial charge < -0.3 is 14.6 Å². The first-order valence-corrected chi connectivity index (χ1v) is 7.13. The molecule has 0 spiro atoms. The van der Waals surface area contributed by atoms with Crippen molar-refractivity contribution in [2.45, 2.75) is 6.92 Å².